The molecule has 7 nitrogen and oxygen atoms in total. The minimum atomic E-state index is -0.499. The highest BCUT2D eigenvalue weighted by atomic mass is 35.5. The van der Waals surface area contributed by atoms with E-state index in [0.717, 1.165) is 19.4 Å². The van der Waals surface area contributed by atoms with Crippen LogP contribution in [0.4, 0.5) is 11.5 Å². The molecule has 20 heavy (non-hydrogen) atoms. The molecule has 1 saturated heterocycles. The fourth-order valence-corrected chi connectivity index (χ4v) is 2.53. The Morgan fingerprint density at radius 1 is 1.65 bits per heavy atom. The average Bonchev–Trinajstić information content (AvgIpc) is 2.91. The van der Waals surface area contributed by atoms with E-state index in [0.29, 0.717) is 13.1 Å². The zero-order valence-electron chi connectivity index (χ0n) is 11.0. The van der Waals surface area contributed by atoms with Gasteiger partial charge in [-0.2, -0.15) is 0 Å². The first-order valence-corrected chi connectivity index (χ1v) is 6.88. The predicted octanol–water partition coefficient (Wildman–Crippen LogP) is 1.19. The van der Waals surface area contributed by atoms with E-state index in [9.17, 15) is 15.2 Å². The minimum Gasteiger partial charge on any atom is -0.395 e. The van der Waals surface area contributed by atoms with Crippen LogP contribution in [0.1, 0.15) is 12.8 Å². The van der Waals surface area contributed by atoms with Crippen LogP contribution in [0.5, 0.6) is 0 Å². The summed E-state index contributed by atoms with van der Waals surface area (Å²) in [5.74, 6) is 0.252. The van der Waals surface area contributed by atoms with Crippen LogP contribution in [-0.2, 0) is 0 Å². The Morgan fingerprint density at radius 2 is 2.45 bits per heavy atom. The summed E-state index contributed by atoms with van der Waals surface area (Å²) in [5, 5.41) is 23.8. The number of hydrogen-bond acceptors (Lipinski definition) is 6. The summed E-state index contributed by atoms with van der Waals surface area (Å²) >= 11 is 5.77. The Hall–Kier alpha value is -1.44. The second kappa shape index (κ2) is 6.83. The highest BCUT2D eigenvalue weighted by Crippen LogP contribution is 2.28. The molecule has 0 spiro atoms. The van der Waals surface area contributed by atoms with Gasteiger partial charge in [0.25, 0.3) is 0 Å². The van der Waals surface area contributed by atoms with E-state index >= 15 is 0 Å². The molecule has 1 aromatic heterocycles. The number of nitrogens with zero attached hydrogens (tertiary/aromatic N) is 3. The number of halogens is 1. The van der Waals surface area contributed by atoms with Gasteiger partial charge in [0.2, 0.25) is 5.82 Å². The summed E-state index contributed by atoms with van der Waals surface area (Å²) in [4.78, 5) is 16.4. The topological polar surface area (TPSA) is 91.5 Å². The number of anilines is 1. The summed E-state index contributed by atoms with van der Waals surface area (Å²) in [6.07, 6.45) is 3.49. The van der Waals surface area contributed by atoms with Crippen molar-refractivity contribution in [1.29, 1.82) is 0 Å². The van der Waals surface area contributed by atoms with Crippen LogP contribution >= 0.6 is 11.6 Å². The van der Waals surface area contributed by atoms with Gasteiger partial charge in [0.1, 0.15) is 0 Å². The number of aliphatic hydroxyl groups is 1. The van der Waals surface area contributed by atoms with E-state index in [1.54, 1.807) is 4.90 Å². The van der Waals surface area contributed by atoms with Crippen LogP contribution in [0, 0.1) is 10.1 Å². The van der Waals surface area contributed by atoms with Crippen molar-refractivity contribution in [2.24, 2.45) is 0 Å². The number of rotatable bonds is 6. The van der Waals surface area contributed by atoms with Gasteiger partial charge in [-0.05, 0) is 19.4 Å². The molecule has 1 aliphatic heterocycles. The molecule has 1 aromatic rings. The van der Waals surface area contributed by atoms with Gasteiger partial charge in [-0.15, -0.1) is 0 Å². The average molecular weight is 301 g/mol. The van der Waals surface area contributed by atoms with Crippen molar-refractivity contribution in [2.45, 2.75) is 18.9 Å². The summed E-state index contributed by atoms with van der Waals surface area (Å²) < 4.78 is 0. The maximum atomic E-state index is 11.1. The van der Waals surface area contributed by atoms with Gasteiger partial charge in [-0.1, -0.05) is 11.6 Å². The van der Waals surface area contributed by atoms with Crippen molar-refractivity contribution in [3.8, 4) is 0 Å². The molecule has 2 N–H and O–H groups in total. The van der Waals surface area contributed by atoms with Crippen molar-refractivity contribution in [3.63, 3.8) is 0 Å². The molecule has 0 amide bonds. The number of hydrogen-bond donors (Lipinski definition) is 2. The standard InChI is InChI=1S/C12H17ClN4O3/c13-9-6-11(17(19)20)12(15-7-9)16(4-5-18)8-10-2-1-3-14-10/h6-7,10,14,18H,1-5,8H2. The monoisotopic (exact) mass is 300 g/mol. The first kappa shape index (κ1) is 15.0. The molecule has 0 saturated carbocycles. The Kier molecular flexibility index (Phi) is 5.11. The lowest BCUT2D eigenvalue weighted by molar-refractivity contribution is -0.384. The number of nitrogens with one attached hydrogen (secondary N) is 1. The third-order valence-electron chi connectivity index (χ3n) is 3.28. The van der Waals surface area contributed by atoms with Crippen LogP contribution in [0.15, 0.2) is 12.3 Å². The summed E-state index contributed by atoms with van der Waals surface area (Å²) in [7, 11) is 0. The lowest BCUT2D eigenvalue weighted by Crippen LogP contribution is -2.39. The fraction of sp³-hybridized carbons (Fsp3) is 0.583. The smallest absolute Gasteiger partial charge is 0.313 e. The highest BCUT2D eigenvalue weighted by Gasteiger charge is 2.25. The first-order chi connectivity index (χ1) is 9.61. The zero-order valence-corrected chi connectivity index (χ0v) is 11.7. The van der Waals surface area contributed by atoms with Crippen LogP contribution in [0.2, 0.25) is 5.02 Å². The van der Waals surface area contributed by atoms with E-state index in [-0.39, 0.29) is 29.2 Å². The third kappa shape index (κ3) is 3.56. The molecular formula is C12H17ClN4O3. The molecule has 110 valence electrons. The quantitative estimate of drug-likeness (QED) is 0.606. The number of pyridine rings is 1. The largest absolute Gasteiger partial charge is 0.395 e. The van der Waals surface area contributed by atoms with Gasteiger partial charge in [0.15, 0.2) is 0 Å². The van der Waals surface area contributed by atoms with Crippen LogP contribution < -0.4 is 10.2 Å². The van der Waals surface area contributed by atoms with Crippen molar-refractivity contribution < 1.29 is 10.0 Å². The third-order valence-corrected chi connectivity index (χ3v) is 3.49. The number of nitro groups is 1. The van der Waals surface area contributed by atoms with Crippen LogP contribution in [0.3, 0.4) is 0 Å². The molecule has 1 atom stereocenters. The minimum absolute atomic E-state index is 0.0891. The lowest BCUT2D eigenvalue weighted by atomic mass is 10.2. The predicted molar refractivity (Wildman–Crippen MR) is 76.2 cm³/mol. The SMILES string of the molecule is O=[N+]([O-])c1cc(Cl)cnc1N(CCO)CC1CCCN1. The van der Waals surface area contributed by atoms with Gasteiger partial charge < -0.3 is 15.3 Å². The summed E-state index contributed by atoms with van der Waals surface area (Å²) in [6, 6.07) is 1.55. The second-order valence-electron chi connectivity index (χ2n) is 4.72. The molecule has 2 heterocycles. The molecular weight excluding hydrogens is 284 g/mol. The van der Waals surface area contributed by atoms with Gasteiger partial charge >= 0.3 is 5.69 Å². The Balaban J connectivity index is 2.25. The molecule has 1 fully saturated rings. The Bertz CT molecular complexity index is 480. The first-order valence-electron chi connectivity index (χ1n) is 6.51. The second-order valence-corrected chi connectivity index (χ2v) is 5.15. The van der Waals surface area contributed by atoms with Gasteiger partial charge in [0.05, 0.1) is 16.6 Å². The Labute approximate surface area is 121 Å². The van der Waals surface area contributed by atoms with Gasteiger partial charge in [-0.3, -0.25) is 10.1 Å². The zero-order chi connectivity index (χ0) is 14.5. The molecule has 8 heteroatoms. The lowest BCUT2D eigenvalue weighted by Gasteiger charge is -2.25. The van der Waals surface area contributed by atoms with E-state index in [2.05, 4.69) is 10.3 Å². The Morgan fingerprint density at radius 3 is 3.05 bits per heavy atom. The number of aliphatic hydroxyl groups excluding tert-OH is 1. The molecule has 0 aliphatic carbocycles. The maximum Gasteiger partial charge on any atom is 0.313 e. The normalized spacial score (nSPS) is 18.2. The van der Waals surface area contributed by atoms with E-state index in [1.165, 1.54) is 12.3 Å². The van der Waals surface area contributed by atoms with Crippen LogP contribution in [0.25, 0.3) is 0 Å². The molecule has 1 aliphatic rings. The molecule has 2 rings (SSSR count). The molecule has 1 unspecified atom stereocenters. The van der Waals surface area contributed by atoms with Crippen molar-refractivity contribution >= 4 is 23.1 Å². The van der Waals surface area contributed by atoms with Crippen molar-refractivity contribution in [3.05, 3.63) is 27.4 Å². The van der Waals surface area contributed by atoms with Gasteiger partial charge in [0, 0.05) is 31.4 Å². The van der Waals surface area contributed by atoms with Gasteiger partial charge in [-0.25, -0.2) is 4.98 Å². The summed E-state index contributed by atoms with van der Waals surface area (Å²) in [5.41, 5.74) is -0.135. The van der Waals surface area contributed by atoms with E-state index in [4.69, 9.17) is 11.6 Å². The molecule has 0 aromatic carbocycles. The van der Waals surface area contributed by atoms with Crippen molar-refractivity contribution in [2.75, 3.05) is 31.1 Å². The van der Waals surface area contributed by atoms with Crippen molar-refractivity contribution in [1.82, 2.24) is 10.3 Å². The van der Waals surface area contributed by atoms with E-state index < -0.39 is 4.92 Å². The van der Waals surface area contributed by atoms with E-state index in [1.807, 2.05) is 0 Å². The highest BCUT2D eigenvalue weighted by molar-refractivity contribution is 6.30. The van der Waals surface area contributed by atoms with Crippen LogP contribution in [-0.4, -0.2) is 47.3 Å². The summed E-state index contributed by atoms with van der Waals surface area (Å²) in [6.45, 7) is 1.74. The molecule has 0 radical (unpaired) electrons. The number of aromatic nitrogens is 1. The maximum absolute atomic E-state index is 11.1. The fourth-order valence-electron chi connectivity index (χ4n) is 2.38. The molecule has 0 bridgehead atoms.